The van der Waals surface area contributed by atoms with E-state index in [-0.39, 0.29) is 11.5 Å². The Hall–Kier alpha value is -3.63. The Morgan fingerprint density at radius 3 is 2.14 bits per heavy atom. The van der Waals surface area contributed by atoms with Gasteiger partial charge in [0, 0.05) is 0 Å². The summed E-state index contributed by atoms with van der Waals surface area (Å²) in [5, 5.41) is 10.7. The number of nitrogens with zero attached hydrogens (tertiary/aromatic N) is 4. The minimum atomic E-state index is -2.30. The molecule has 0 fully saturated rings. The SMILES string of the molecule is Cc1nnnn1/C(=C\c1ccccc1)C(=O)OCc1c(F)c(F)c(F)c(F)c1F. The number of halogens is 5. The zero-order valence-electron chi connectivity index (χ0n) is 14.7. The highest BCUT2D eigenvalue weighted by Gasteiger charge is 2.27. The van der Waals surface area contributed by atoms with Crippen molar-refractivity contribution in [1.29, 1.82) is 0 Å². The van der Waals surface area contributed by atoms with Crippen LogP contribution in [0.4, 0.5) is 22.0 Å². The van der Waals surface area contributed by atoms with Gasteiger partial charge in [0.15, 0.2) is 34.8 Å². The number of benzene rings is 2. The fraction of sp³-hybridized carbons (Fsp3) is 0.111. The molecule has 0 saturated heterocycles. The third kappa shape index (κ3) is 3.98. The highest BCUT2D eigenvalue weighted by atomic mass is 19.2. The number of hydrogen-bond acceptors (Lipinski definition) is 5. The lowest BCUT2D eigenvalue weighted by atomic mass is 10.1. The molecule has 0 radical (unpaired) electrons. The standard InChI is InChI=1S/C18H11F5N4O2/c1-9-24-25-26-27(9)12(7-10-5-3-2-4-6-10)18(28)29-8-11-13(19)15(21)17(23)16(22)14(11)20/h2-7H,8H2,1H3/b12-7-. The Kier molecular flexibility index (Phi) is 5.66. The number of carbonyl (C=O) groups is 1. The first-order valence-electron chi connectivity index (χ1n) is 8.00. The van der Waals surface area contributed by atoms with Crippen molar-refractivity contribution in [2.24, 2.45) is 0 Å². The van der Waals surface area contributed by atoms with Crippen molar-refractivity contribution in [3.05, 3.63) is 76.4 Å². The molecule has 11 heteroatoms. The summed E-state index contributed by atoms with van der Waals surface area (Å²) in [5.74, 6) is -11.7. The van der Waals surface area contributed by atoms with Crippen molar-refractivity contribution in [3.8, 4) is 0 Å². The van der Waals surface area contributed by atoms with Gasteiger partial charge in [-0.1, -0.05) is 30.3 Å². The molecule has 2 aromatic carbocycles. The first-order valence-corrected chi connectivity index (χ1v) is 8.00. The predicted octanol–water partition coefficient (Wildman–Crippen LogP) is 3.42. The number of aryl methyl sites for hydroxylation is 1. The summed E-state index contributed by atoms with van der Waals surface area (Å²) in [6.07, 6.45) is 1.34. The maximum absolute atomic E-state index is 13.8. The molecular formula is C18H11F5N4O2. The number of rotatable bonds is 5. The number of esters is 1. The van der Waals surface area contributed by atoms with Gasteiger partial charge in [-0.15, -0.1) is 5.10 Å². The first kappa shape index (κ1) is 20.1. The van der Waals surface area contributed by atoms with Crippen LogP contribution in [-0.2, 0) is 16.1 Å². The minimum Gasteiger partial charge on any atom is -0.456 e. The van der Waals surface area contributed by atoms with Crippen LogP contribution < -0.4 is 0 Å². The number of ether oxygens (including phenoxy) is 1. The summed E-state index contributed by atoms with van der Waals surface area (Å²) in [6.45, 7) is 0.286. The van der Waals surface area contributed by atoms with E-state index in [4.69, 9.17) is 4.74 Å². The summed E-state index contributed by atoms with van der Waals surface area (Å²) >= 11 is 0. The highest BCUT2D eigenvalue weighted by Crippen LogP contribution is 2.24. The zero-order chi connectivity index (χ0) is 21.1. The molecule has 0 atom stereocenters. The Bertz CT molecular complexity index is 1070. The lowest BCUT2D eigenvalue weighted by Crippen LogP contribution is -2.17. The maximum atomic E-state index is 13.8. The van der Waals surface area contributed by atoms with E-state index in [1.54, 1.807) is 30.3 Å². The molecule has 0 N–H and O–H groups in total. The van der Waals surface area contributed by atoms with Gasteiger partial charge in [-0.3, -0.25) is 0 Å². The summed E-state index contributed by atoms with van der Waals surface area (Å²) in [7, 11) is 0. The average Bonchev–Trinajstić information content (AvgIpc) is 3.15. The van der Waals surface area contributed by atoms with E-state index in [0.29, 0.717) is 5.56 Å². The molecule has 0 spiro atoms. The highest BCUT2D eigenvalue weighted by molar-refractivity contribution is 6.15. The molecule has 3 aromatic rings. The van der Waals surface area contributed by atoms with Gasteiger partial charge in [0.2, 0.25) is 5.82 Å². The largest absolute Gasteiger partial charge is 0.456 e. The second kappa shape index (κ2) is 8.17. The molecule has 0 bridgehead atoms. The van der Waals surface area contributed by atoms with Crippen molar-refractivity contribution in [2.45, 2.75) is 13.5 Å². The molecular weight excluding hydrogens is 399 g/mol. The van der Waals surface area contributed by atoms with Crippen LogP contribution in [0, 0.1) is 36.0 Å². The topological polar surface area (TPSA) is 69.9 Å². The normalized spacial score (nSPS) is 11.6. The second-order valence-corrected chi connectivity index (χ2v) is 5.70. The van der Waals surface area contributed by atoms with Crippen LogP contribution in [0.15, 0.2) is 30.3 Å². The van der Waals surface area contributed by atoms with Gasteiger partial charge >= 0.3 is 5.97 Å². The van der Waals surface area contributed by atoms with E-state index < -0.39 is 47.2 Å². The van der Waals surface area contributed by atoms with Gasteiger partial charge in [-0.2, -0.15) is 4.68 Å². The summed E-state index contributed by atoms with van der Waals surface area (Å²) in [5.41, 5.74) is -0.963. The third-order valence-electron chi connectivity index (χ3n) is 3.81. The first-order chi connectivity index (χ1) is 13.8. The summed E-state index contributed by atoms with van der Waals surface area (Å²) < 4.78 is 73.1. The third-order valence-corrected chi connectivity index (χ3v) is 3.81. The van der Waals surface area contributed by atoms with Crippen molar-refractivity contribution in [1.82, 2.24) is 20.2 Å². The molecule has 0 amide bonds. The predicted molar refractivity (Wildman–Crippen MR) is 89.2 cm³/mol. The van der Waals surface area contributed by atoms with Crippen molar-refractivity contribution >= 4 is 17.7 Å². The average molecular weight is 410 g/mol. The molecule has 3 rings (SSSR count). The Morgan fingerprint density at radius 2 is 1.59 bits per heavy atom. The van der Waals surface area contributed by atoms with Gasteiger partial charge in [0.05, 0.1) is 5.56 Å². The monoisotopic (exact) mass is 410 g/mol. The van der Waals surface area contributed by atoms with E-state index in [0.717, 1.165) is 4.68 Å². The lowest BCUT2D eigenvalue weighted by Gasteiger charge is -2.11. The molecule has 29 heavy (non-hydrogen) atoms. The van der Waals surface area contributed by atoms with Crippen LogP contribution in [0.1, 0.15) is 17.0 Å². The van der Waals surface area contributed by atoms with Crippen LogP contribution in [0.25, 0.3) is 11.8 Å². The van der Waals surface area contributed by atoms with Crippen LogP contribution in [0.5, 0.6) is 0 Å². The number of carbonyl (C=O) groups excluding carboxylic acids is 1. The quantitative estimate of drug-likeness (QED) is 0.212. The molecule has 0 aliphatic rings. The van der Waals surface area contributed by atoms with Gasteiger partial charge in [0.25, 0.3) is 0 Å². The van der Waals surface area contributed by atoms with E-state index >= 15 is 0 Å². The molecule has 1 heterocycles. The molecule has 150 valence electrons. The molecule has 0 saturated carbocycles. The van der Waals surface area contributed by atoms with Crippen LogP contribution in [0.3, 0.4) is 0 Å². The van der Waals surface area contributed by atoms with E-state index in [1.807, 2.05) is 0 Å². The lowest BCUT2D eigenvalue weighted by molar-refractivity contribution is -0.138. The fourth-order valence-corrected chi connectivity index (χ4v) is 2.36. The second-order valence-electron chi connectivity index (χ2n) is 5.70. The van der Waals surface area contributed by atoms with Crippen LogP contribution in [-0.4, -0.2) is 26.2 Å². The van der Waals surface area contributed by atoms with Crippen molar-refractivity contribution < 1.29 is 31.5 Å². The van der Waals surface area contributed by atoms with E-state index in [9.17, 15) is 26.7 Å². The van der Waals surface area contributed by atoms with Crippen LogP contribution >= 0.6 is 0 Å². The Balaban J connectivity index is 1.93. The number of aromatic nitrogens is 4. The van der Waals surface area contributed by atoms with E-state index in [1.165, 1.54) is 13.0 Å². The smallest absolute Gasteiger partial charge is 0.357 e. The van der Waals surface area contributed by atoms with Crippen LogP contribution in [0.2, 0.25) is 0 Å². The van der Waals surface area contributed by atoms with Crippen molar-refractivity contribution in [3.63, 3.8) is 0 Å². The fourth-order valence-electron chi connectivity index (χ4n) is 2.36. The summed E-state index contributed by atoms with van der Waals surface area (Å²) in [6, 6.07) is 8.42. The van der Waals surface area contributed by atoms with Gasteiger partial charge < -0.3 is 4.74 Å². The maximum Gasteiger partial charge on any atom is 0.357 e. The molecule has 1 aromatic heterocycles. The van der Waals surface area contributed by atoms with Gasteiger partial charge in [0.1, 0.15) is 6.61 Å². The molecule has 0 aliphatic heterocycles. The minimum absolute atomic E-state index is 0.195. The van der Waals surface area contributed by atoms with E-state index in [2.05, 4.69) is 15.5 Å². The molecule has 0 unspecified atom stereocenters. The number of tetrazole rings is 1. The molecule has 0 aliphatic carbocycles. The zero-order valence-corrected chi connectivity index (χ0v) is 14.7. The number of hydrogen-bond donors (Lipinski definition) is 0. The van der Waals surface area contributed by atoms with Gasteiger partial charge in [-0.25, -0.2) is 26.7 Å². The summed E-state index contributed by atoms with van der Waals surface area (Å²) in [4.78, 5) is 12.5. The van der Waals surface area contributed by atoms with Gasteiger partial charge in [-0.05, 0) is 29.0 Å². The Morgan fingerprint density at radius 1 is 1.00 bits per heavy atom. The van der Waals surface area contributed by atoms with Crippen molar-refractivity contribution in [2.75, 3.05) is 0 Å². The Labute approximate surface area is 160 Å². The molecule has 6 nitrogen and oxygen atoms in total.